The van der Waals surface area contributed by atoms with Gasteiger partial charge in [-0.3, -0.25) is 0 Å². The number of furan rings is 1. The molecule has 0 aliphatic carbocycles. The van der Waals surface area contributed by atoms with E-state index in [1.807, 2.05) is 0 Å². The van der Waals surface area contributed by atoms with Gasteiger partial charge in [0.2, 0.25) is 0 Å². The molecule has 0 atom stereocenters. The van der Waals surface area contributed by atoms with Gasteiger partial charge in [-0.2, -0.15) is 0 Å². The highest BCUT2D eigenvalue weighted by Gasteiger charge is 2.15. The van der Waals surface area contributed by atoms with Crippen LogP contribution in [0.3, 0.4) is 0 Å². The van der Waals surface area contributed by atoms with Gasteiger partial charge in [-0.25, -0.2) is 0 Å². The molecule has 2 nitrogen and oxygen atoms in total. The lowest BCUT2D eigenvalue weighted by Crippen LogP contribution is -2.09. The summed E-state index contributed by atoms with van der Waals surface area (Å²) < 4.78 is 6.37. The Labute approximate surface area is 279 Å². The minimum atomic E-state index is 0.909. The van der Waals surface area contributed by atoms with E-state index >= 15 is 0 Å². The van der Waals surface area contributed by atoms with E-state index in [1.165, 1.54) is 27.6 Å². The third-order valence-electron chi connectivity index (χ3n) is 9.26. The summed E-state index contributed by atoms with van der Waals surface area (Å²) in [7, 11) is 0. The first-order chi connectivity index (χ1) is 23.8. The fourth-order valence-corrected chi connectivity index (χ4v) is 6.82. The fraction of sp³-hybridized carbons (Fsp3) is 0. The van der Waals surface area contributed by atoms with E-state index in [-0.39, 0.29) is 0 Å². The van der Waals surface area contributed by atoms with Crippen LogP contribution in [0.15, 0.2) is 192 Å². The summed E-state index contributed by atoms with van der Waals surface area (Å²) in [5, 5.41) is 4.62. The number of rotatable bonds is 6. The van der Waals surface area contributed by atoms with E-state index in [0.717, 1.165) is 55.5 Å². The summed E-state index contributed by atoms with van der Waals surface area (Å²) in [4.78, 5) is 2.32. The Morgan fingerprint density at radius 3 is 1.62 bits per heavy atom. The highest BCUT2D eigenvalue weighted by atomic mass is 16.3. The summed E-state index contributed by atoms with van der Waals surface area (Å²) >= 11 is 0. The molecule has 9 aromatic rings. The van der Waals surface area contributed by atoms with Crippen LogP contribution >= 0.6 is 0 Å². The number of anilines is 3. The number of hydrogen-bond donors (Lipinski definition) is 0. The molecular formula is C46H31NO. The summed E-state index contributed by atoms with van der Waals surface area (Å²) in [5.41, 5.74) is 12.3. The third kappa shape index (κ3) is 5.01. The number of fused-ring (bicyclic) bond motifs is 5. The molecule has 0 unspecified atom stereocenters. The Morgan fingerprint density at radius 1 is 0.312 bits per heavy atom. The van der Waals surface area contributed by atoms with Crippen molar-refractivity contribution in [3.8, 4) is 33.4 Å². The normalized spacial score (nSPS) is 11.3. The smallest absolute Gasteiger partial charge is 0.143 e. The van der Waals surface area contributed by atoms with Gasteiger partial charge in [-0.15, -0.1) is 0 Å². The Morgan fingerprint density at radius 2 is 0.854 bits per heavy atom. The first-order valence-electron chi connectivity index (χ1n) is 16.3. The molecule has 226 valence electrons. The highest BCUT2D eigenvalue weighted by Crippen LogP contribution is 2.39. The maximum atomic E-state index is 6.37. The van der Waals surface area contributed by atoms with E-state index in [1.54, 1.807) is 0 Å². The van der Waals surface area contributed by atoms with Crippen molar-refractivity contribution in [1.29, 1.82) is 0 Å². The molecule has 0 bridgehead atoms. The molecule has 1 heterocycles. The van der Waals surface area contributed by atoms with Gasteiger partial charge in [0.05, 0.1) is 0 Å². The second kappa shape index (κ2) is 11.8. The number of nitrogens with zero attached hydrogens (tertiary/aromatic N) is 1. The van der Waals surface area contributed by atoms with Gasteiger partial charge in [-0.05, 0) is 93.4 Å². The first-order valence-corrected chi connectivity index (χ1v) is 16.3. The lowest BCUT2D eigenvalue weighted by atomic mass is 9.99. The van der Waals surface area contributed by atoms with Crippen LogP contribution in [0.1, 0.15) is 0 Å². The van der Waals surface area contributed by atoms with Crippen molar-refractivity contribution in [2.75, 3.05) is 4.90 Å². The first kappa shape index (κ1) is 27.9. The molecule has 8 aromatic carbocycles. The molecule has 0 aliphatic heterocycles. The summed E-state index contributed by atoms with van der Waals surface area (Å²) in [5.74, 6) is 0. The Hall–Kier alpha value is -6.38. The van der Waals surface area contributed by atoms with Crippen LogP contribution in [-0.2, 0) is 0 Å². The number of para-hydroxylation sites is 1. The zero-order valence-corrected chi connectivity index (χ0v) is 26.3. The van der Waals surface area contributed by atoms with E-state index in [2.05, 4.69) is 193 Å². The molecule has 0 saturated heterocycles. The van der Waals surface area contributed by atoms with Gasteiger partial charge in [0, 0.05) is 33.2 Å². The van der Waals surface area contributed by atoms with Crippen LogP contribution in [0.2, 0.25) is 0 Å². The van der Waals surface area contributed by atoms with Crippen molar-refractivity contribution in [2.45, 2.75) is 0 Å². The zero-order chi connectivity index (χ0) is 31.9. The third-order valence-corrected chi connectivity index (χ3v) is 9.26. The summed E-state index contributed by atoms with van der Waals surface area (Å²) in [6.07, 6.45) is 0. The van der Waals surface area contributed by atoms with Crippen molar-refractivity contribution in [3.05, 3.63) is 188 Å². The molecule has 1 aromatic heterocycles. The topological polar surface area (TPSA) is 16.4 Å². The largest absolute Gasteiger partial charge is 0.455 e. The molecule has 0 saturated carbocycles. The van der Waals surface area contributed by atoms with Gasteiger partial charge < -0.3 is 9.32 Å². The molecule has 0 spiro atoms. The van der Waals surface area contributed by atoms with Crippen molar-refractivity contribution in [1.82, 2.24) is 0 Å². The van der Waals surface area contributed by atoms with E-state index < -0.39 is 0 Å². The van der Waals surface area contributed by atoms with Crippen molar-refractivity contribution < 1.29 is 4.42 Å². The maximum absolute atomic E-state index is 6.37. The molecule has 9 rings (SSSR count). The van der Waals surface area contributed by atoms with E-state index in [4.69, 9.17) is 4.42 Å². The summed E-state index contributed by atoms with van der Waals surface area (Å²) in [6.45, 7) is 0. The van der Waals surface area contributed by atoms with Crippen LogP contribution in [-0.4, -0.2) is 0 Å². The van der Waals surface area contributed by atoms with Gasteiger partial charge in [-0.1, -0.05) is 133 Å². The van der Waals surface area contributed by atoms with Crippen LogP contribution in [0.5, 0.6) is 0 Å². The van der Waals surface area contributed by atoms with Gasteiger partial charge >= 0.3 is 0 Å². The van der Waals surface area contributed by atoms with Crippen molar-refractivity contribution in [3.63, 3.8) is 0 Å². The van der Waals surface area contributed by atoms with Gasteiger partial charge in [0.15, 0.2) is 0 Å². The van der Waals surface area contributed by atoms with Crippen LogP contribution < -0.4 is 4.90 Å². The molecule has 0 N–H and O–H groups in total. The minimum Gasteiger partial charge on any atom is -0.455 e. The second-order valence-corrected chi connectivity index (χ2v) is 12.2. The molecule has 2 heteroatoms. The maximum Gasteiger partial charge on any atom is 0.143 e. The minimum absolute atomic E-state index is 0.909. The van der Waals surface area contributed by atoms with Crippen molar-refractivity contribution in [2.24, 2.45) is 0 Å². The predicted octanol–water partition coefficient (Wildman–Crippen LogP) is 13.2. The van der Waals surface area contributed by atoms with Gasteiger partial charge in [0.1, 0.15) is 11.2 Å². The molecule has 0 fully saturated rings. The number of benzene rings is 8. The number of hydrogen-bond acceptors (Lipinski definition) is 2. The van der Waals surface area contributed by atoms with E-state index in [0.29, 0.717) is 0 Å². The molecule has 48 heavy (non-hydrogen) atoms. The Kier molecular flexibility index (Phi) is 6.84. The average Bonchev–Trinajstić information content (AvgIpc) is 3.55. The van der Waals surface area contributed by atoms with Crippen LogP contribution in [0.25, 0.3) is 66.1 Å². The molecule has 0 amide bonds. The molecule has 0 radical (unpaired) electrons. The van der Waals surface area contributed by atoms with Crippen LogP contribution in [0, 0.1) is 0 Å². The predicted molar refractivity (Wildman–Crippen MR) is 202 cm³/mol. The van der Waals surface area contributed by atoms with Crippen molar-refractivity contribution >= 4 is 49.8 Å². The second-order valence-electron chi connectivity index (χ2n) is 12.2. The molecule has 0 aliphatic rings. The standard InChI is InChI=1S/C46H31NO/c1-3-10-32(11-4-1)33-18-20-34(21-19-33)37-13-9-16-41(30-37)47(39-14-5-2-6-15-39)40-26-22-35(23-27-40)38-25-29-45-44(31-38)43-28-24-36-12-7-8-17-42(36)46(43)48-45/h1-31H. The quantitative estimate of drug-likeness (QED) is 0.185. The lowest BCUT2D eigenvalue weighted by Gasteiger charge is -2.26. The Balaban J connectivity index is 1.07. The van der Waals surface area contributed by atoms with E-state index in [9.17, 15) is 0 Å². The SMILES string of the molecule is c1ccc(-c2ccc(-c3cccc(N(c4ccccc4)c4ccc(-c5ccc6oc7c8ccccc8ccc7c6c5)cc4)c3)cc2)cc1. The Bertz CT molecular complexity index is 2530. The average molecular weight is 614 g/mol. The highest BCUT2D eigenvalue weighted by molar-refractivity contribution is 6.15. The summed E-state index contributed by atoms with van der Waals surface area (Å²) in [6, 6.07) is 66.9. The monoisotopic (exact) mass is 613 g/mol. The molecular weight excluding hydrogens is 583 g/mol. The van der Waals surface area contributed by atoms with Crippen LogP contribution in [0.4, 0.5) is 17.1 Å². The van der Waals surface area contributed by atoms with Gasteiger partial charge in [0.25, 0.3) is 0 Å². The fourth-order valence-electron chi connectivity index (χ4n) is 6.82. The lowest BCUT2D eigenvalue weighted by molar-refractivity contribution is 0.672. The zero-order valence-electron chi connectivity index (χ0n) is 26.3.